The smallest absolute Gasteiger partial charge is 0.326 e. The van der Waals surface area contributed by atoms with E-state index in [-0.39, 0.29) is 6.03 Å². The van der Waals surface area contributed by atoms with Crippen LogP contribution in [-0.4, -0.2) is 53.3 Å². The Kier molecular flexibility index (Phi) is 4.45. The summed E-state index contributed by atoms with van der Waals surface area (Å²) in [7, 11) is 0. The van der Waals surface area contributed by atoms with Crippen molar-refractivity contribution in [1.82, 2.24) is 10.2 Å². The van der Waals surface area contributed by atoms with Gasteiger partial charge >= 0.3 is 12.0 Å². The van der Waals surface area contributed by atoms with Crippen molar-refractivity contribution in [3.63, 3.8) is 0 Å². The fourth-order valence-corrected chi connectivity index (χ4v) is 2.05. The Balaban J connectivity index is 2.70. The maximum Gasteiger partial charge on any atom is 0.326 e. The molecule has 1 saturated heterocycles. The van der Waals surface area contributed by atoms with Gasteiger partial charge in [-0.1, -0.05) is 20.8 Å². The van der Waals surface area contributed by atoms with Crippen LogP contribution >= 0.6 is 0 Å². The predicted octanol–water partition coefficient (Wildman–Crippen LogP) is 1.31. The molecule has 1 atom stereocenters. The van der Waals surface area contributed by atoms with E-state index in [9.17, 15) is 14.7 Å². The minimum atomic E-state index is -1.02. The first-order valence-electron chi connectivity index (χ1n) is 6.45. The molecule has 0 aliphatic carbocycles. The highest BCUT2D eigenvalue weighted by molar-refractivity contribution is 5.83. The molecule has 0 spiro atoms. The molecule has 0 bridgehead atoms. The van der Waals surface area contributed by atoms with Gasteiger partial charge in [0.15, 0.2) is 0 Å². The zero-order chi connectivity index (χ0) is 14.8. The van der Waals surface area contributed by atoms with Gasteiger partial charge in [0.1, 0.15) is 6.04 Å². The number of carboxylic acid groups (broad SMARTS) is 1. The molecular weight excluding hydrogens is 248 g/mol. The summed E-state index contributed by atoms with van der Waals surface area (Å²) >= 11 is 0. The minimum absolute atomic E-state index is 0.348. The lowest BCUT2D eigenvalue weighted by Gasteiger charge is -2.39. The topological polar surface area (TPSA) is 78.9 Å². The third kappa shape index (κ3) is 4.38. The molecule has 6 heteroatoms. The molecule has 6 nitrogen and oxygen atoms in total. The standard InChI is InChI=1S/C13H24N2O4/c1-12(2,3)9(10(16)17)14-11(18)15-6-7-19-13(4,5)8-15/h9H,6-8H2,1-5H3,(H,14,18)(H,16,17)/t9-/m0/s1. The molecule has 1 heterocycles. The Morgan fingerprint density at radius 1 is 1.37 bits per heavy atom. The number of hydrogen-bond acceptors (Lipinski definition) is 3. The zero-order valence-corrected chi connectivity index (χ0v) is 12.3. The number of aliphatic carboxylic acids is 1. The molecule has 0 saturated carbocycles. The molecule has 1 aliphatic heterocycles. The van der Waals surface area contributed by atoms with E-state index in [2.05, 4.69) is 5.32 Å². The number of rotatable bonds is 2. The lowest BCUT2D eigenvalue weighted by Crippen LogP contribution is -2.58. The number of urea groups is 1. The molecule has 1 fully saturated rings. The van der Waals surface area contributed by atoms with E-state index in [0.717, 1.165) is 0 Å². The van der Waals surface area contributed by atoms with Crippen LogP contribution in [0.1, 0.15) is 34.6 Å². The highest BCUT2D eigenvalue weighted by atomic mass is 16.5. The van der Waals surface area contributed by atoms with Gasteiger partial charge < -0.3 is 20.1 Å². The molecule has 19 heavy (non-hydrogen) atoms. The Bertz CT molecular complexity index is 360. The summed E-state index contributed by atoms with van der Waals surface area (Å²) in [6.07, 6.45) is 0. The van der Waals surface area contributed by atoms with E-state index in [1.54, 1.807) is 25.7 Å². The minimum Gasteiger partial charge on any atom is -0.480 e. The molecule has 1 aliphatic rings. The molecule has 110 valence electrons. The van der Waals surface area contributed by atoms with Crippen molar-refractivity contribution in [2.24, 2.45) is 5.41 Å². The molecule has 0 aromatic heterocycles. The van der Waals surface area contributed by atoms with E-state index < -0.39 is 23.0 Å². The summed E-state index contributed by atoms with van der Waals surface area (Å²) in [6.45, 7) is 10.6. The number of nitrogens with zero attached hydrogens (tertiary/aromatic N) is 1. The van der Waals surface area contributed by atoms with Crippen LogP contribution in [0.5, 0.6) is 0 Å². The van der Waals surface area contributed by atoms with Gasteiger partial charge in [0.05, 0.1) is 18.8 Å². The first-order chi connectivity index (χ1) is 8.53. The number of nitrogens with one attached hydrogen (secondary N) is 1. The van der Waals surface area contributed by atoms with Gasteiger partial charge in [0.25, 0.3) is 0 Å². The number of hydrogen-bond donors (Lipinski definition) is 2. The van der Waals surface area contributed by atoms with Crippen molar-refractivity contribution < 1.29 is 19.4 Å². The number of carboxylic acids is 1. The molecule has 2 N–H and O–H groups in total. The summed E-state index contributed by atoms with van der Waals surface area (Å²) in [5.74, 6) is -1.02. The van der Waals surface area contributed by atoms with Crippen LogP contribution in [0.3, 0.4) is 0 Å². The van der Waals surface area contributed by atoms with E-state index in [1.165, 1.54) is 0 Å². The largest absolute Gasteiger partial charge is 0.480 e. The summed E-state index contributed by atoms with van der Waals surface area (Å²) in [4.78, 5) is 25.0. The summed E-state index contributed by atoms with van der Waals surface area (Å²) in [5, 5.41) is 11.8. The van der Waals surface area contributed by atoms with Crippen LogP contribution < -0.4 is 5.32 Å². The van der Waals surface area contributed by atoms with E-state index >= 15 is 0 Å². The van der Waals surface area contributed by atoms with E-state index in [1.807, 2.05) is 13.8 Å². The van der Waals surface area contributed by atoms with Crippen molar-refractivity contribution in [3.05, 3.63) is 0 Å². The Hall–Kier alpha value is -1.30. The third-order valence-corrected chi connectivity index (χ3v) is 3.09. The SMILES string of the molecule is CC1(C)CN(C(=O)N[C@@H](C(=O)O)C(C)(C)C)CCO1. The van der Waals surface area contributed by atoms with Gasteiger partial charge in [-0.3, -0.25) is 0 Å². The van der Waals surface area contributed by atoms with Gasteiger partial charge in [0, 0.05) is 6.54 Å². The second-order valence-corrected chi connectivity index (χ2v) is 6.62. The number of carbonyl (C=O) groups is 2. The number of amides is 2. The first kappa shape index (κ1) is 15.8. The van der Waals surface area contributed by atoms with E-state index in [0.29, 0.717) is 19.7 Å². The highest BCUT2D eigenvalue weighted by Gasteiger charge is 2.36. The zero-order valence-electron chi connectivity index (χ0n) is 12.3. The predicted molar refractivity (Wildman–Crippen MR) is 71.0 cm³/mol. The molecular formula is C13H24N2O4. The van der Waals surface area contributed by atoms with Crippen LogP contribution in [0.15, 0.2) is 0 Å². The second kappa shape index (κ2) is 5.36. The first-order valence-corrected chi connectivity index (χ1v) is 6.45. The van der Waals surface area contributed by atoms with Crippen molar-refractivity contribution in [3.8, 4) is 0 Å². The lowest BCUT2D eigenvalue weighted by molar-refractivity contribution is -0.142. The van der Waals surface area contributed by atoms with Gasteiger partial charge in [0.2, 0.25) is 0 Å². The van der Waals surface area contributed by atoms with Crippen molar-refractivity contribution in [2.75, 3.05) is 19.7 Å². The summed E-state index contributed by atoms with van der Waals surface area (Å²) in [5.41, 5.74) is -0.931. The van der Waals surface area contributed by atoms with Crippen LogP contribution in [0.4, 0.5) is 4.79 Å². The Labute approximate surface area is 114 Å². The normalized spacial score (nSPS) is 20.8. The van der Waals surface area contributed by atoms with Crippen LogP contribution in [0, 0.1) is 5.41 Å². The molecule has 0 aromatic carbocycles. The fourth-order valence-electron chi connectivity index (χ4n) is 2.05. The van der Waals surface area contributed by atoms with Crippen molar-refractivity contribution >= 4 is 12.0 Å². The van der Waals surface area contributed by atoms with Gasteiger partial charge in [-0.15, -0.1) is 0 Å². The average Bonchev–Trinajstić information content (AvgIpc) is 2.21. The number of carbonyl (C=O) groups excluding carboxylic acids is 1. The van der Waals surface area contributed by atoms with Crippen LogP contribution in [0.2, 0.25) is 0 Å². The van der Waals surface area contributed by atoms with E-state index in [4.69, 9.17) is 4.74 Å². The third-order valence-electron chi connectivity index (χ3n) is 3.09. The maximum absolute atomic E-state index is 12.1. The highest BCUT2D eigenvalue weighted by Crippen LogP contribution is 2.21. The van der Waals surface area contributed by atoms with Gasteiger partial charge in [-0.2, -0.15) is 0 Å². The van der Waals surface area contributed by atoms with Crippen LogP contribution in [0.25, 0.3) is 0 Å². The summed E-state index contributed by atoms with van der Waals surface area (Å²) < 4.78 is 5.53. The molecule has 0 aromatic rings. The van der Waals surface area contributed by atoms with Crippen molar-refractivity contribution in [1.29, 1.82) is 0 Å². The van der Waals surface area contributed by atoms with Gasteiger partial charge in [-0.05, 0) is 19.3 Å². The Morgan fingerprint density at radius 3 is 2.37 bits per heavy atom. The molecule has 0 radical (unpaired) electrons. The monoisotopic (exact) mass is 272 g/mol. The Morgan fingerprint density at radius 2 is 1.95 bits per heavy atom. The number of morpholine rings is 1. The molecule has 2 amide bonds. The van der Waals surface area contributed by atoms with Crippen LogP contribution in [-0.2, 0) is 9.53 Å². The lowest BCUT2D eigenvalue weighted by atomic mass is 9.87. The van der Waals surface area contributed by atoms with Crippen molar-refractivity contribution in [2.45, 2.75) is 46.3 Å². The molecule has 1 rings (SSSR count). The molecule has 0 unspecified atom stereocenters. The quantitative estimate of drug-likeness (QED) is 0.794. The average molecular weight is 272 g/mol. The maximum atomic E-state index is 12.1. The number of ether oxygens (including phenoxy) is 1. The van der Waals surface area contributed by atoms with Gasteiger partial charge in [-0.25, -0.2) is 9.59 Å². The summed E-state index contributed by atoms with van der Waals surface area (Å²) in [6, 6.07) is -1.26. The fraction of sp³-hybridized carbons (Fsp3) is 0.846. The second-order valence-electron chi connectivity index (χ2n) is 6.62.